The van der Waals surface area contributed by atoms with Crippen LogP contribution in [0, 0.1) is 0 Å². The lowest BCUT2D eigenvalue weighted by atomic mass is 10.0. The monoisotopic (exact) mass is 470 g/mol. The van der Waals surface area contributed by atoms with Crippen LogP contribution in [-0.4, -0.2) is 20.9 Å². The third-order valence-electron chi connectivity index (χ3n) is 5.14. The zero-order valence-electron chi connectivity index (χ0n) is 18.1. The highest BCUT2D eigenvalue weighted by Crippen LogP contribution is 2.37. The van der Waals surface area contributed by atoms with Gasteiger partial charge in [-0.25, -0.2) is 4.98 Å². The number of aromatic nitrogens is 3. The van der Waals surface area contributed by atoms with Gasteiger partial charge in [0.15, 0.2) is 5.69 Å². The molecule has 0 bridgehead atoms. The third kappa shape index (κ3) is 5.85. The summed E-state index contributed by atoms with van der Waals surface area (Å²) in [5, 5.41) is 7.36. The topological polar surface area (TPSA) is 42.7 Å². The van der Waals surface area contributed by atoms with Gasteiger partial charge in [-0.15, -0.1) is 0 Å². The fourth-order valence-corrected chi connectivity index (χ4v) is 3.74. The highest BCUT2D eigenvalue weighted by Gasteiger charge is 2.36. The van der Waals surface area contributed by atoms with E-state index in [4.69, 9.17) is 0 Å². The predicted molar refractivity (Wildman–Crippen MR) is 114 cm³/mol. The van der Waals surface area contributed by atoms with E-state index < -0.39 is 29.7 Å². The Balaban J connectivity index is 1.99. The van der Waals surface area contributed by atoms with E-state index in [9.17, 15) is 26.3 Å². The van der Waals surface area contributed by atoms with Crippen molar-refractivity contribution in [3.05, 3.63) is 71.4 Å². The second-order valence-corrected chi connectivity index (χ2v) is 7.58. The van der Waals surface area contributed by atoms with Crippen LogP contribution in [0.4, 0.5) is 32.0 Å². The lowest BCUT2D eigenvalue weighted by molar-refractivity contribution is -0.140. The van der Waals surface area contributed by atoms with Crippen LogP contribution in [0.2, 0.25) is 0 Å². The standard InChI is InChI=1S/C23H24F6N4/c1-3-7-15(13-16(8-4-2)22(24,25)26)19-14-20-17(10-6-12-33(20)32-19)31-18-9-5-11-30-21(18)23(27,28)29/h3,5,7-9,11,13-14,17,31H,4,6,10,12H2,1-2H3/b7-3-,15-13+,16-8-. The molecule has 0 radical (unpaired) electrons. The van der Waals surface area contributed by atoms with E-state index in [1.165, 1.54) is 18.2 Å². The summed E-state index contributed by atoms with van der Waals surface area (Å²) in [4.78, 5) is 3.46. The quantitative estimate of drug-likeness (QED) is 0.362. The summed E-state index contributed by atoms with van der Waals surface area (Å²) in [5.74, 6) is 0. The Morgan fingerprint density at radius 3 is 2.64 bits per heavy atom. The van der Waals surface area contributed by atoms with Crippen molar-refractivity contribution < 1.29 is 26.3 Å². The van der Waals surface area contributed by atoms with E-state index >= 15 is 0 Å². The maximum atomic E-state index is 13.4. The molecule has 4 nitrogen and oxygen atoms in total. The van der Waals surface area contributed by atoms with Crippen LogP contribution >= 0.6 is 0 Å². The van der Waals surface area contributed by atoms with Crippen LogP contribution in [0.25, 0.3) is 5.57 Å². The number of nitrogens with one attached hydrogen (secondary N) is 1. The van der Waals surface area contributed by atoms with Crippen molar-refractivity contribution in [2.24, 2.45) is 0 Å². The number of alkyl halides is 6. The molecule has 1 aliphatic rings. The van der Waals surface area contributed by atoms with Gasteiger partial charge in [0.05, 0.1) is 28.7 Å². The van der Waals surface area contributed by atoms with E-state index in [0.717, 1.165) is 18.3 Å². The second kappa shape index (κ2) is 9.84. The number of allylic oxidation sites excluding steroid dienone is 6. The van der Waals surface area contributed by atoms with Gasteiger partial charge in [-0.05, 0) is 50.5 Å². The number of pyridine rings is 1. The maximum absolute atomic E-state index is 13.4. The number of hydrogen-bond acceptors (Lipinski definition) is 3. The Kier molecular flexibility index (Phi) is 7.34. The van der Waals surface area contributed by atoms with Gasteiger partial charge in [-0.1, -0.05) is 25.2 Å². The lowest BCUT2D eigenvalue weighted by Crippen LogP contribution is -2.23. The molecule has 1 aliphatic heterocycles. The summed E-state index contributed by atoms with van der Waals surface area (Å²) in [6.07, 6.45) is -1.34. The Morgan fingerprint density at radius 1 is 1.24 bits per heavy atom. The molecule has 1 atom stereocenters. The second-order valence-electron chi connectivity index (χ2n) is 7.58. The summed E-state index contributed by atoms with van der Waals surface area (Å²) < 4.78 is 81.9. The molecule has 0 aromatic carbocycles. The van der Waals surface area contributed by atoms with Crippen LogP contribution in [0.3, 0.4) is 0 Å². The van der Waals surface area contributed by atoms with Crippen molar-refractivity contribution in [3.8, 4) is 0 Å². The zero-order valence-corrected chi connectivity index (χ0v) is 18.1. The van der Waals surface area contributed by atoms with Crippen LogP contribution in [0.5, 0.6) is 0 Å². The minimum atomic E-state index is -4.62. The highest BCUT2D eigenvalue weighted by molar-refractivity contribution is 5.74. The molecule has 33 heavy (non-hydrogen) atoms. The molecule has 0 fully saturated rings. The molecule has 178 valence electrons. The van der Waals surface area contributed by atoms with E-state index in [1.807, 2.05) is 0 Å². The normalized spacial score (nSPS) is 18.0. The highest BCUT2D eigenvalue weighted by atomic mass is 19.4. The van der Waals surface area contributed by atoms with Gasteiger partial charge in [0, 0.05) is 18.3 Å². The van der Waals surface area contributed by atoms with Gasteiger partial charge in [-0.3, -0.25) is 4.68 Å². The average molecular weight is 470 g/mol. The minimum Gasteiger partial charge on any atom is -0.375 e. The predicted octanol–water partition coefficient (Wildman–Crippen LogP) is 7.10. The number of nitrogens with zero attached hydrogens (tertiary/aromatic N) is 3. The zero-order chi connectivity index (χ0) is 24.2. The molecule has 3 heterocycles. The van der Waals surface area contributed by atoms with Crippen molar-refractivity contribution >= 4 is 11.3 Å². The fraction of sp³-hybridized carbons (Fsp3) is 0.391. The van der Waals surface area contributed by atoms with Gasteiger partial charge >= 0.3 is 12.4 Å². The van der Waals surface area contributed by atoms with Gasteiger partial charge < -0.3 is 5.32 Å². The summed E-state index contributed by atoms with van der Waals surface area (Å²) in [5.41, 5.74) is -0.741. The molecule has 0 spiro atoms. The molecule has 0 saturated heterocycles. The first-order valence-electron chi connectivity index (χ1n) is 10.5. The van der Waals surface area contributed by atoms with Crippen LogP contribution in [0.1, 0.15) is 56.2 Å². The van der Waals surface area contributed by atoms with Gasteiger partial charge in [0.1, 0.15) is 0 Å². The third-order valence-corrected chi connectivity index (χ3v) is 5.14. The Hall–Kier alpha value is -3.04. The molecule has 0 amide bonds. The van der Waals surface area contributed by atoms with Crippen molar-refractivity contribution in [1.82, 2.24) is 14.8 Å². The SMILES string of the molecule is C\C=C/C(=C\C(=C\CC)C(F)(F)F)c1cc2n(n1)CCCC2Nc1cccnc1C(F)(F)F. The molecule has 0 saturated carbocycles. The molecule has 1 unspecified atom stereocenters. The number of fused-ring (bicyclic) bond motifs is 1. The number of rotatable bonds is 6. The van der Waals surface area contributed by atoms with Gasteiger partial charge in [-0.2, -0.15) is 31.4 Å². The number of hydrogen-bond donors (Lipinski definition) is 1. The molecule has 10 heteroatoms. The van der Waals surface area contributed by atoms with Crippen molar-refractivity contribution in [1.29, 1.82) is 0 Å². The van der Waals surface area contributed by atoms with Crippen LogP contribution in [-0.2, 0) is 12.7 Å². The summed E-state index contributed by atoms with van der Waals surface area (Å²) in [6.45, 7) is 3.83. The lowest BCUT2D eigenvalue weighted by Gasteiger charge is -2.26. The number of halogens is 6. The van der Waals surface area contributed by atoms with Crippen LogP contribution < -0.4 is 5.32 Å². The van der Waals surface area contributed by atoms with E-state index in [2.05, 4.69) is 15.4 Å². The molecular weight excluding hydrogens is 446 g/mol. The number of aryl methyl sites for hydroxylation is 1. The Bertz CT molecular complexity index is 1060. The maximum Gasteiger partial charge on any atom is 0.435 e. The first-order valence-corrected chi connectivity index (χ1v) is 10.5. The molecule has 3 rings (SSSR count). The van der Waals surface area contributed by atoms with E-state index in [0.29, 0.717) is 30.8 Å². The summed E-state index contributed by atoms with van der Waals surface area (Å²) in [6, 6.07) is 3.86. The molecule has 2 aromatic rings. The van der Waals surface area contributed by atoms with Crippen LogP contribution in [0.15, 0.2) is 54.3 Å². The van der Waals surface area contributed by atoms with E-state index in [-0.39, 0.29) is 17.7 Å². The van der Waals surface area contributed by atoms with Crippen molar-refractivity contribution in [2.75, 3.05) is 5.32 Å². The van der Waals surface area contributed by atoms with Crippen molar-refractivity contribution in [2.45, 2.75) is 58.0 Å². The van der Waals surface area contributed by atoms with Crippen molar-refractivity contribution in [3.63, 3.8) is 0 Å². The summed E-state index contributed by atoms with van der Waals surface area (Å²) >= 11 is 0. The largest absolute Gasteiger partial charge is 0.435 e. The first-order chi connectivity index (χ1) is 15.5. The first kappa shape index (κ1) is 24.6. The molecule has 2 aromatic heterocycles. The number of anilines is 1. The smallest absolute Gasteiger partial charge is 0.375 e. The fourth-order valence-electron chi connectivity index (χ4n) is 3.74. The Morgan fingerprint density at radius 2 is 2.00 bits per heavy atom. The Labute approximate surface area is 187 Å². The minimum absolute atomic E-state index is 0.152. The van der Waals surface area contributed by atoms with E-state index in [1.54, 1.807) is 30.7 Å². The van der Waals surface area contributed by atoms with Gasteiger partial charge in [0.2, 0.25) is 0 Å². The molecule has 0 aliphatic carbocycles. The average Bonchev–Trinajstić information content (AvgIpc) is 3.17. The summed E-state index contributed by atoms with van der Waals surface area (Å²) in [7, 11) is 0. The van der Waals surface area contributed by atoms with Gasteiger partial charge in [0.25, 0.3) is 0 Å². The molecule has 1 N–H and O–H groups in total. The molecular formula is C23H24F6N4.